The van der Waals surface area contributed by atoms with Crippen molar-refractivity contribution in [2.24, 2.45) is 0 Å². The van der Waals surface area contributed by atoms with Crippen molar-refractivity contribution in [3.05, 3.63) is 35.4 Å². The summed E-state index contributed by atoms with van der Waals surface area (Å²) < 4.78 is 0. The first-order valence-electron chi connectivity index (χ1n) is 7.42. The van der Waals surface area contributed by atoms with Gasteiger partial charge >= 0.3 is 0 Å². The van der Waals surface area contributed by atoms with Crippen molar-refractivity contribution in [2.45, 2.75) is 63.7 Å². The number of hydrogen-bond acceptors (Lipinski definition) is 1. The molecule has 0 atom stereocenters. The molecule has 0 N–H and O–H groups in total. The molecule has 0 aromatic heterocycles. The lowest BCUT2D eigenvalue weighted by Crippen LogP contribution is -2.04. The molecule has 0 heterocycles. The summed E-state index contributed by atoms with van der Waals surface area (Å²) in [6.07, 6.45) is 12.0. The predicted molar refractivity (Wildman–Crippen MR) is 75.9 cm³/mol. The van der Waals surface area contributed by atoms with E-state index >= 15 is 0 Å². The molecule has 0 saturated heterocycles. The number of aryl methyl sites for hydroxylation is 1. The van der Waals surface area contributed by atoms with Gasteiger partial charge < -0.3 is 4.79 Å². The van der Waals surface area contributed by atoms with Gasteiger partial charge in [-0.15, -0.1) is 0 Å². The fourth-order valence-electron chi connectivity index (χ4n) is 2.95. The summed E-state index contributed by atoms with van der Waals surface area (Å²) in [5.41, 5.74) is 2.95. The minimum atomic E-state index is 0.708. The summed E-state index contributed by atoms with van der Waals surface area (Å²) in [6.45, 7) is 0. The Balaban J connectivity index is 1.82. The number of hydrogen-bond donors (Lipinski definition) is 0. The Hall–Kier alpha value is -1.11. The first kappa shape index (κ1) is 13.3. The van der Waals surface area contributed by atoms with Gasteiger partial charge in [0.1, 0.15) is 6.29 Å². The molecule has 1 aromatic carbocycles. The van der Waals surface area contributed by atoms with Crippen LogP contribution in [0.15, 0.2) is 24.3 Å². The molecule has 0 amide bonds. The van der Waals surface area contributed by atoms with E-state index in [1.807, 2.05) is 0 Å². The maximum Gasteiger partial charge on any atom is 0.119 e. The SMILES string of the molecule is O=CCCCCc1ccc(C2CCCCC2)cc1. The fraction of sp³-hybridized carbons (Fsp3) is 0.588. The summed E-state index contributed by atoms with van der Waals surface area (Å²) in [5.74, 6) is 0.808. The third-order valence-corrected chi connectivity index (χ3v) is 4.09. The molecule has 1 fully saturated rings. The van der Waals surface area contributed by atoms with Crippen LogP contribution in [0.4, 0.5) is 0 Å². The number of benzene rings is 1. The van der Waals surface area contributed by atoms with Crippen molar-refractivity contribution in [3.63, 3.8) is 0 Å². The minimum absolute atomic E-state index is 0.708. The zero-order valence-electron chi connectivity index (χ0n) is 11.2. The molecule has 1 aliphatic rings. The van der Waals surface area contributed by atoms with Crippen LogP contribution in [0.3, 0.4) is 0 Å². The van der Waals surface area contributed by atoms with E-state index in [1.54, 1.807) is 0 Å². The van der Waals surface area contributed by atoms with Gasteiger partial charge in [-0.2, -0.15) is 0 Å². The van der Waals surface area contributed by atoms with E-state index in [9.17, 15) is 4.79 Å². The van der Waals surface area contributed by atoms with E-state index in [0.717, 1.165) is 31.5 Å². The highest BCUT2D eigenvalue weighted by Crippen LogP contribution is 2.32. The highest BCUT2D eigenvalue weighted by molar-refractivity contribution is 5.48. The second-order valence-electron chi connectivity index (χ2n) is 5.49. The average Bonchev–Trinajstić information content (AvgIpc) is 2.45. The lowest BCUT2D eigenvalue weighted by Gasteiger charge is -2.22. The lowest BCUT2D eigenvalue weighted by atomic mass is 9.84. The van der Waals surface area contributed by atoms with Crippen molar-refractivity contribution in [3.8, 4) is 0 Å². The molecule has 1 heteroatoms. The molecule has 1 aromatic rings. The normalized spacial score (nSPS) is 16.7. The van der Waals surface area contributed by atoms with Crippen LogP contribution in [0.5, 0.6) is 0 Å². The molecule has 1 saturated carbocycles. The Labute approximate surface area is 111 Å². The molecule has 1 aliphatic carbocycles. The van der Waals surface area contributed by atoms with Crippen LogP contribution in [0.2, 0.25) is 0 Å². The van der Waals surface area contributed by atoms with Crippen molar-refractivity contribution < 1.29 is 4.79 Å². The maximum absolute atomic E-state index is 10.2. The molecule has 0 aliphatic heterocycles. The topological polar surface area (TPSA) is 17.1 Å². The predicted octanol–water partition coefficient (Wildman–Crippen LogP) is 4.65. The number of unbranched alkanes of at least 4 members (excludes halogenated alkanes) is 2. The lowest BCUT2D eigenvalue weighted by molar-refractivity contribution is -0.107. The first-order chi connectivity index (χ1) is 8.90. The van der Waals surface area contributed by atoms with E-state index in [2.05, 4.69) is 24.3 Å². The van der Waals surface area contributed by atoms with Crippen LogP contribution in [-0.4, -0.2) is 6.29 Å². The van der Waals surface area contributed by atoms with Crippen molar-refractivity contribution in [2.75, 3.05) is 0 Å². The molecule has 0 radical (unpaired) electrons. The second-order valence-corrected chi connectivity index (χ2v) is 5.49. The summed E-state index contributed by atoms with van der Waals surface area (Å²) >= 11 is 0. The number of aldehydes is 1. The molecule has 1 nitrogen and oxygen atoms in total. The third kappa shape index (κ3) is 3.97. The Morgan fingerprint density at radius 1 is 1.00 bits per heavy atom. The number of rotatable bonds is 6. The zero-order valence-corrected chi connectivity index (χ0v) is 11.2. The van der Waals surface area contributed by atoms with Gasteiger partial charge in [0.25, 0.3) is 0 Å². The molecule has 2 rings (SSSR count). The monoisotopic (exact) mass is 244 g/mol. The molecule has 98 valence electrons. The van der Waals surface area contributed by atoms with E-state index < -0.39 is 0 Å². The van der Waals surface area contributed by atoms with Crippen LogP contribution in [0, 0.1) is 0 Å². The van der Waals surface area contributed by atoms with Crippen LogP contribution >= 0.6 is 0 Å². The summed E-state index contributed by atoms with van der Waals surface area (Å²) in [5, 5.41) is 0. The standard InChI is InChI=1S/C17H24O/c18-14-6-2-3-7-15-10-12-17(13-11-15)16-8-4-1-5-9-16/h10-14,16H,1-9H2. The Bertz CT molecular complexity index is 346. The van der Waals surface area contributed by atoms with E-state index in [1.165, 1.54) is 43.2 Å². The van der Waals surface area contributed by atoms with Gasteiger partial charge in [0.15, 0.2) is 0 Å². The quantitative estimate of drug-likeness (QED) is 0.526. The average molecular weight is 244 g/mol. The molecular formula is C17H24O. The number of carbonyl (C=O) groups is 1. The van der Waals surface area contributed by atoms with E-state index in [-0.39, 0.29) is 0 Å². The smallest absolute Gasteiger partial charge is 0.119 e. The Morgan fingerprint density at radius 3 is 2.39 bits per heavy atom. The van der Waals surface area contributed by atoms with Crippen LogP contribution in [0.1, 0.15) is 68.4 Å². The summed E-state index contributed by atoms with van der Waals surface area (Å²) in [4.78, 5) is 10.2. The highest BCUT2D eigenvalue weighted by Gasteiger charge is 2.14. The van der Waals surface area contributed by atoms with Gasteiger partial charge in [0, 0.05) is 6.42 Å². The molecular weight excluding hydrogens is 220 g/mol. The number of carbonyl (C=O) groups excluding carboxylic acids is 1. The van der Waals surface area contributed by atoms with Gasteiger partial charge in [0.05, 0.1) is 0 Å². The highest BCUT2D eigenvalue weighted by atomic mass is 16.1. The van der Waals surface area contributed by atoms with Crippen LogP contribution in [-0.2, 0) is 11.2 Å². The van der Waals surface area contributed by atoms with Gasteiger partial charge in [-0.25, -0.2) is 0 Å². The Kier molecular flexibility index (Phi) is 5.44. The van der Waals surface area contributed by atoms with Gasteiger partial charge in [-0.1, -0.05) is 43.5 Å². The first-order valence-corrected chi connectivity index (χ1v) is 7.42. The fourth-order valence-corrected chi connectivity index (χ4v) is 2.95. The third-order valence-electron chi connectivity index (χ3n) is 4.09. The summed E-state index contributed by atoms with van der Waals surface area (Å²) in [6, 6.07) is 9.21. The zero-order chi connectivity index (χ0) is 12.6. The van der Waals surface area contributed by atoms with Gasteiger partial charge in [0.2, 0.25) is 0 Å². The molecule has 18 heavy (non-hydrogen) atoms. The van der Waals surface area contributed by atoms with Gasteiger partial charge in [-0.05, 0) is 49.1 Å². The second kappa shape index (κ2) is 7.35. The maximum atomic E-state index is 10.2. The van der Waals surface area contributed by atoms with Crippen molar-refractivity contribution in [1.29, 1.82) is 0 Å². The van der Waals surface area contributed by atoms with E-state index in [0.29, 0.717) is 6.42 Å². The summed E-state index contributed by atoms with van der Waals surface area (Å²) in [7, 11) is 0. The molecule has 0 spiro atoms. The van der Waals surface area contributed by atoms with Crippen molar-refractivity contribution in [1.82, 2.24) is 0 Å². The minimum Gasteiger partial charge on any atom is -0.303 e. The van der Waals surface area contributed by atoms with Crippen LogP contribution < -0.4 is 0 Å². The van der Waals surface area contributed by atoms with Gasteiger partial charge in [-0.3, -0.25) is 0 Å². The van der Waals surface area contributed by atoms with Crippen molar-refractivity contribution >= 4 is 6.29 Å². The van der Waals surface area contributed by atoms with Crippen LogP contribution in [0.25, 0.3) is 0 Å². The molecule has 0 bridgehead atoms. The largest absolute Gasteiger partial charge is 0.303 e. The Morgan fingerprint density at radius 2 is 1.72 bits per heavy atom. The molecule has 0 unspecified atom stereocenters. The van der Waals surface area contributed by atoms with E-state index in [4.69, 9.17) is 0 Å².